The van der Waals surface area contributed by atoms with Crippen LogP contribution in [0.15, 0.2) is 11.6 Å². The number of aliphatic hydroxyl groups is 1. The van der Waals surface area contributed by atoms with Gasteiger partial charge in [-0.15, -0.1) is 0 Å². The molecule has 5 nitrogen and oxygen atoms in total. The fourth-order valence-electron chi connectivity index (χ4n) is 3.43. The average Bonchev–Trinajstić information content (AvgIpc) is 3.00. The van der Waals surface area contributed by atoms with E-state index in [1.54, 1.807) is 7.11 Å². The molecular weight excluding hydrogens is 270 g/mol. The standard InChI is InChI=1S/C16H27NO4/c1-10(2)14(11(3)20-4)16(19)21-9-12-5-7-17-8-6-13(18)15(12)17/h5,10-11,13-15,18H,6-9H2,1-4H3/t11?,13-,14?,15+/m0/s1. The second-order valence-corrected chi connectivity index (χ2v) is 6.39. The Morgan fingerprint density at radius 2 is 2.19 bits per heavy atom. The van der Waals surface area contributed by atoms with Crippen LogP contribution in [0.4, 0.5) is 0 Å². The first-order chi connectivity index (χ1) is 9.95. The summed E-state index contributed by atoms with van der Waals surface area (Å²) in [6.07, 6.45) is 2.37. The first kappa shape index (κ1) is 16.5. The highest BCUT2D eigenvalue weighted by molar-refractivity contribution is 5.73. The fraction of sp³-hybridized carbons (Fsp3) is 0.812. The number of methoxy groups -OCH3 is 1. The second-order valence-electron chi connectivity index (χ2n) is 6.39. The molecule has 1 fully saturated rings. The van der Waals surface area contributed by atoms with Crippen molar-refractivity contribution in [1.82, 2.24) is 4.90 Å². The van der Waals surface area contributed by atoms with Crippen LogP contribution in [0.5, 0.6) is 0 Å². The Morgan fingerprint density at radius 1 is 1.48 bits per heavy atom. The summed E-state index contributed by atoms with van der Waals surface area (Å²) < 4.78 is 10.8. The summed E-state index contributed by atoms with van der Waals surface area (Å²) in [4.78, 5) is 14.5. The van der Waals surface area contributed by atoms with E-state index in [2.05, 4.69) is 11.0 Å². The van der Waals surface area contributed by atoms with Gasteiger partial charge in [0, 0.05) is 20.2 Å². The van der Waals surface area contributed by atoms with Crippen molar-refractivity contribution in [3.8, 4) is 0 Å². The zero-order valence-corrected chi connectivity index (χ0v) is 13.4. The van der Waals surface area contributed by atoms with E-state index in [-0.39, 0.29) is 42.7 Å². The van der Waals surface area contributed by atoms with Crippen molar-refractivity contribution in [3.05, 3.63) is 11.6 Å². The molecule has 1 N–H and O–H groups in total. The van der Waals surface area contributed by atoms with Crippen LogP contribution in [-0.4, -0.2) is 61.0 Å². The van der Waals surface area contributed by atoms with Crippen LogP contribution in [-0.2, 0) is 14.3 Å². The Balaban J connectivity index is 1.91. The van der Waals surface area contributed by atoms with Gasteiger partial charge in [-0.05, 0) is 24.8 Å². The zero-order valence-electron chi connectivity index (χ0n) is 13.4. The molecule has 0 aromatic heterocycles. The zero-order chi connectivity index (χ0) is 15.6. The molecule has 0 amide bonds. The van der Waals surface area contributed by atoms with Gasteiger partial charge in [-0.2, -0.15) is 0 Å². The molecule has 0 spiro atoms. The van der Waals surface area contributed by atoms with Crippen molar-refractivity contribution in [3.63, 3.8) is 0 Å². The van der Waals surface area contributed by atoms with Crippen LogP contribution in [0.25, 0.3) is 0 Å². The van der Waals surface area contributed by atoms with Gasteiger partial charge in [0.2, 0.25) is 0 Å². The molecular formula is C16H27NO4. The quantitative estimate of drug-likeness (QED) is 0.590. The topological polar surface area (TPSA) is 59.0 Å². The maximum atomic E-state index is 12.3. The number of carbonyl (C=O) groups excluding carboxylic acids is 1. The molecule has 0 saturated carbocycles. The van der Waals surface area contributed by atoms with Gasteiger partial charge in [0.15, 0.2) is 0 Å². The van der Waals surface area contributed by atoms with E-state index in [1.165, 1.54) is 0 Å². The van der Waals surface area contributed by atoms with Gasteiger partial charge in [-0.25, -0.2) is 0 Å². The van der Waals surface area contributed by atoms with E-state index in [4.69, 9.17) is 9.47 Å². The van der Waals surface area contributed by atoms with E-state index in [1.807, 2.05) is 20.8 Å². The monoisotopic (exact) mass is 297 g/mol. The number of rotatable bonds is 6. The number of nitrogens with zero attached hydrogens (tertiary/aromatic N) is 1. The summed E-state index contributed by atoms with van der Waals surface area (Å²) in [6.45, 7) is 7.92. The van der Waals surface area contributed by atoms with Crippen molar-refractivity contribution in [2.24, 2.45) is 11.8 Å². The predicted octanol–water partition coefficient (Wildman–Crippen LogP) is 1.21. The lowest BCUT2D eigenvalue weighted by Crippen LogP contribution is -2.36. The number of hydrogen-bond acceptors (Lipinski definition) is 5. The second kappa shape index (κ2) is 6.90. The summed E-state index contributed by atoms with van der Waals surface area (Å²) in [5.74, 6) is -0.314. The lowest BCUT2D eigenvalue weighted by atomic mass is 9.91. The number of carbonyl (C=O) groups is 1. The van der Waals surface area contributed by atoms with Gasteiger partial charge < -0.3 is 14.6 Å². The van der Waals surface area contributed by atoms with Gasteiger partial charge in [0.1, 0.15) is 6.61 Å². The number of aliphatic hydroxyl groups excluding tert-OH is 1. The van der Waals surface area contributed by atoms with Crippen LogP contribution >= 0.6 is 0 Å². The highest BCUT2D eigenvalue weighted by Crippen LogP contribution is 2.29. The minimum Gasteiger partial charge on any atom is -0.461 e. The maximum Gasteiger partial charge on any atom is 0.312 e. The highest BCUT2D eigenvalue weighted by Gasteiger charge is 2.39. The molecule has 120 valence electrons. The van der Waals surface area contributed by atoms with E-state index in [0.29, 0.717) is 0 Å². The summed E-state index contributed by atoms with van der Waals surface area (Å²) >= 11 is 0. The molecule has 5 heteroatoms. The lowest BCUT2D eigenvalue weighted by Gasteiger charge is -2.26. The molecule has 0 aliphatic carbocycles. The molecule has 0 radical (unpaired) electrons. The van der Waals surface area contributed by atoms with Crippen molar-refractivity contribution >= 4 is 5.97 Å². The predicted molar refractivity (Wildman–Crippen MR) is 79.8 cm³/mol. The van der Waals surface area contributed by atoms with Crippen LogP contribution in [0.1, 0.15) is 27.2 Å². The van der Waals surface area contributed by atoms with Gasteiger partial charge >= 0.3 is 5.97 Å². The third-order valence-electron chi connectivity index (χ3n) is 4.69. The number of fused-ring (bicyclic) bond motifs is 1. The summed E-state index contributed by atoms with van der Waals surface area (Å²) in [5, 5.41) is 10.0. The average molecular weight is 297 g/mol. The van der Waals surface area contributed by atoms with E-state index in [0.717, 1.165) is 25.1 Å². The maximum absolute atomic E-state index is 12.3. The van der Waals surface area contributed by atoms with Gasteiger partial charge in [0.25, 0.3) is 0 Å². The van der Waals surface area contributed by atoms with E-state index in [9.17, 15) is 9.90 Å². The Bertz CT molecular complexity index is 407. The minimum atomic E-state index is -0.337. The number of hydrogen-bond donors (Lipinski definition) is 1. The smallest absolute Gasteiger partial charge is 0.312 e. The van der Waals surface area contributed by atoms with Crippen molar-refractivity contribution in [1.29, 1.82) is 0 Å². The largest absolute Gasteiger partial charge is 0.461 e. The van der Waals surface area contributed by atoms with Gasteiger partial charge in [-0.3, -0.25) is 9.69 Å². The van der Waals surface area contributed by atoms with Crippen LogP contribution in [0, 0.1) is 11.8 Å². The van der Waals surface area contributed by atoms with Crippen LogP contribution in [0.3, 0.4) is 0 Å². The molecule has 2 unspecified atom stereocenters. The fourth-order valence-corrected chi connectivity index (χ4v) is 3.43. The van der Waals surface area contributed by atoms with Crippen LogP contribution in [0.2, 0.25) is 0 Å². The molecule has 2 heterocycles. The highest BCUT2D eigenvalue weighted by atomic mass is 16.5. The van der Waals surface area contributed by atoms with E-state index < -0.39 is 0 Å². The molecule has 2 rings (SSSR count). The Morgan fingerprint density at radius 3 is 2.81 bits per heavy atom. The Hall–Kier alpha value is -0.910. The number of esters is 1. The summed E-state index contributed by atoms with van der Waals surface area (Å²) in [5.41, 5.74) is 1.03. The molecule has 21 heavy (non-hydrogen) atoms. The third kappa shape index (κ3) is 3.47. The van der Waals surface area contributed by atoms with Gasteiger partial charge in [0.05, 0.1) is 24.2 Å². The van der Waals surface area contributed by atoms with Gasteiger partial charge in [-0.1, -0.05) is 19.9 Å². The van der Waals surface area contributed by atoms with Crippen molar-refractivity contribution in [2.75, 3.05) is 26.8 Å². The molecule has 4 atom stereocenters. The number of ether oxygens (including phenoxy) is 2. The molecule has 2 aliphatic heterocycles. The van der Waals surface area contributed by atoms with Crippen molar-refractivity contribution in [2.45, 2.75) is 45.4 Å². The van der Waals surface area contributed by atoms with Crippen molar-refractivity contribution < 1.29 is 19.4 Å². The Kier molecular flexibility index (Phi) is 5.41. The third-order valence-corrected chi connectivity index (χ3v) is 4.69. The lowest BCUT2D eigenvalue weighted by molar-refractivity contribution is -0.154. The SMILES string of the molecule is COC(C)C(C(=O)OCC1=CCN2CC[C@H](O)[C@@H]12)C(C)C. The van der Waals surface area contributed by atoms with Crippen LogP contribution < -0.4 is 0 Å². The molecule has 0 aromatic carbocycles. The van der Waals surface area contributed by atoms with E-state index >= 15 is 0 Å². The molecule has 0 bridgehead atoms. The minimum absolute atomic E-state index is 0.0372. The summed E-state index contributed by atoms with van der Waals surface area (Å²) in [6, 6.07) is 0.0372. The first-order valence-corrected chi connectivity index (χ1v) is 7.76. The normalized spacial score (nSPS) is 28.4. The molecule has 2 aliphatic rings. The molecule has 1 saturated heterocycles. The first-order valence-electron chi connectivity index (χ1n) is 7.76. The Labute approximate surface area is 126 Å². The molecule has 0 aromatic rings. The summed E-state index contributed by atoms with van der Waals surface area (Å²) in [7, 11) is 1.61.